The molecule has 1 amide bonds. The summed E-state index contributed by atoms with van der Waals surface area (Å²) in [6.07, 6.45) is 5.88. The number of ether oxygens (including phenoxy) is 1. The van der Waals surface area contributed by atoms with Crippen molar-refractivity contribution in [1.29, 1.82) is 0 Å². The molecule has 0 saturated heterocycles. The van der Waals surface area contributed by atoms with E-state index in [-0.39, 0.29) is 12.5 Å². The Kier molecular flexibility index (Phi) is 6.80. The lowest BCUT2D eigenvalue weighted by Crippen LogP contribution is -2.39. The predicted molar refractivity (Wildman–Crippen MR) is 100 cm³/mol. The van der Waals surface area contributed by atoms with Crippen molar-refractivity contribution in [3.8, 4) is 5.75 Å². The molecule has 0 N–H and O–H groups in total. The van der Waals surface area contributed by atoms with E-state index in [9.17, 15) is 4.79 Å². The van der Waals surface area contributed by atoms with E-state index in [2.05, 4.69) is 10.2 Å². The number of benzene rings is 1. The lowest BCUT2D eigenvalue weighted by Gasteiger charge is -2.31. The molecule has 26 heavy (non-hydrogen) atoms. The summed E-state index contributed by atoms with van der Waals surface area (Å²) in [5, 5.41) is 8.94. The molecule has 0 aliphatic heterocycles. The zero-order valence-electron chi connectivity index (χ0n) is 14.7. The van der Waals surface area contributed by atoms with Crippen LogP contribution < -0.4 is 4.74 Å². The number of nitrogens with zero attached hydrogens (tertiary/aromatic N) is 3. The molecule has 1 saturated carbocycles. The van der Waals surface area contributed by atoms with Gasteiger partial charge in [-0.15, -0.1) is 10.2 Å². The monoisotopic (exact) mass is 395 g/mol. The first-order valence-electron chi connectivity index (χ1n) is 8.71. The van der Waals surface area contributed by atoms with Gasteiger partial charge in [0.15, 0.2) is 6.61 Å². The van der Waals surface area contributed by atoms with E-state index >= 15 is 0 Å². The molecule has 2 aromatic rings. The Bertz CT molecular complexity index is 717. The van der Waals surface area contributed by atoms with Gasteiger partial charge in [0.2, 0.25) is 5.91 Å². The summed E-state index contributed by atoms with van der Waals surface area (Å²) in [7, 11) is 1.89. The molecule has 1 aliphatic carbocycles. The number of amides is 1. The number of rotatable bonds is 7. The molecule has 0 bridgehead atoms. The maximum atomic E-state index is 12.3. The van der Waals surface area contributed by atoms with Crippen molar-refractivity contribution < 1.29 is 13.9 Å². The zero-order chi connectivity index (χ0) is 18.4. The summed E-state index contributed by atoms with van der Waals surface area (Å²) in [5.41, 5.74) is 0. The Morgan fingerprint density at radius 2 is 2.00 bits per heavy atom. The molecule has 6 nitrogen and oxygen atoms in total. The fraction of sp³-hybridized carbons (Fsp3) is 0.500. The van der Waals surface area contributed by atoms with Gasteiger partial charge in [-0.25, -0.2) is 0 Å². The second-order valence-corrected chi connectivity index (χ2v) is 7.65. The number of carbonyl (C=O) groups is 1. The van der Waals surface area contributed by atoms with Crippen LogP contribution in [0.5, 0.6) is 5.75 Å². The maximum Gasteiger partial charge on any atom is 0.277 e. The summed E-state index contributed by atoms with van der Waals surface area (Å²) in [6.45, 7) is 0.172. The minimum atomic E-state index is 0.0964. The average molecular weight is 396 g/mol. The van der Waals surface area contributed by atoms with Crippen LogP contribution >= 0.6 is 23.4 Å². The van der Waals surface area contributed by atoms with Crippen molar-refractivity contribution in [2.45, 2.75) is 50.0 Å². The van der Waals surface area contributed by atoms with Crippen molar-refractivity contribution in [2.24, 2.45) is 0 Å². The van der Waals surface area contributed by atoms with Crippen LogP contribution in [0.3, 0.4) is 0 Å². The summed E-state index contributed by atoms with van der Waals surface area (Å²) in [5.74, 6) is 1.44. The first-order valence-corrected chi connectivity index (χ1v) is 10.1. The fourth-order valence-corrected chi connectivity index (χ4v) is 3.76. The van der Waals surface area contributed by atoms with Crippen molar-refractivity contribution in [2.75, 3.05) is 12.8 Å². The highest BCUT2D eigenvalue weighted by Crippen LogP contribution is 2.24. The van der Waals surface area contributed by atoms with Gasteiger partial charge < -0.3 is 14.1 Å². The summed E-state index contributed by atoms with van der Waals surface area (Å²) >= 11 is 7.09. The maximum absolute atomic E-state index is 12.3. The molecular formula is C18H22ClN3O3S. The minimum absolute atomic E-state index is 0.0964. The Labute approximate surface area is 162 Å². The summed E-state index contributed by atoms with van der Waals surface area (Å²) < 4.78 is 11.1. The van der Waals surface area contributed by atoms with Crippen molar-refractivity contribution in [3.63, 3.8) is 0 Å². The zero-order valence-corrected chi connectivity index (χ0v) is 16.3. The molecule has 8 heteroatoms. The highest BCUT2D eigenvalue weighted by Gasteiger charge is 2.22. The van der Waals surface area contributed by atoms with E-state index < -0.39 is 0 Å². The number of carbonyl (C=O) groups excluding carboxylic acids is 1. The molecule has 3 rings (SSSR count). The number of hydrogen-bond acceptors (Lipinski definition) is 6. The molecule has 1 fully saturated rings. The van der Waals surface area contributed by atoms with E-state index in [1.807, 2.05) is 11.9 Å². The molecule has 1 heterocycles. The van der Waals surface area contributed by atoms with Crippen molar-refractivity contribution in [1.82, 2.24) is 15.1 Å². The third kappa shape index (κ3) is 5.38. The van der Waals surface area contributed by atoms with Gasteiger partial charge in [-0.3, -0.25) is 4.79 Å². The Balaban J connectivity index is 1.44. The van der Waals surface area contributed by atoms with Gasteiger partial charge in [-0.1, -0.05) is 42.6 Å². The van der Waals surface area contributed by atoms with Crippen LogP contribution in [0.25, 0.3) is 0 Å². The molecule has 1 aromatic carbocycles. The van der Waals surface area contributed by atoms with Crippen LogP contribution in [-0.2, 0) is 11.4 Å². The molecule has 140 valence electrons. The highest BCUT2D eigenvalue weighted by atomic mass is 35.5. The molecule has 0 unspecified atom stereocenters. The Hall–Kier alpha value is -1.73. The van der Waals surface area contributed by atoms with Gasteiger partial charge in [0.05, 0.1) is 5.75 Å². The normalized spacial score (nSPS) is 15.0. The summed E-state index contributed by atoms with van der Waals surface area (Å²) in [6, 6.07) is 7.41. The van der Waals surface area contributed by atoms with E-state index in [0.717, 1.165) is 12.8 Å². The lowest BCUT2D eigenvalue weighted by molar-refractivity contribution is -0.129. The first-order chi connectivity index (χ1) is 12.6. The van der Waals surface area contributed by atoms with Gasteiger partial charge in [0.1, 0.15) is 5.75 Å². The van der Waals surface area contributed by atoms with Crippen LogP contribution in [0.1, 0.15) is 38.0 Å². The third-order valence-corrected chi connectivity index (χ3v) is 5.51. The van der Waals surface area contributed by atoms with E-state index in [1.54, 1.807) is 24.3 Å². The molecule has 0 radical (unpaired) electrons. The van der Waals surface area contributed by atoms with Gasteiger partial charge in [0.25, 0.3) is 11.1 Å². The van der Waals surface area contributed by atoms with Gasteiger partial charge in [-0.2, -0.15) is 0 Å². The highest BCUT2D eigenvalue weighted by molar-refractivity contribution is 7.99. The topological polar surface area (TPSA) is 68.5 Å². The lowest BCUT2D eigenvalue weighted by atomic mass is 9.94. The Morgan fingerprint density at radius 1 is 1.27 bits per heavy atom. The largest absolute Gasteiger partial charge is 0.484 e. The Morgan fingerprint density at radius 3 is 2.73 bits per heavy atom. The van der Waals surface area contributed by atoms with Gasteiger partial charge in [-0.05, 0) is 37.1 Å². The molecule has 1 aliphatic rings. The number of aromatic nitrogens is 2. The SMILES string of the molecule is CN(C(=O)CSc1nnc(COc2ccc(Cl)cc2)o1)C1CCCCC1. The molecule has 0 atom stereocenters. The fourth-order valence-electron chi connectivity index (χ4n) is 2.93. The quantitative estimate of drug-likeness (QED) is 0.655. The number of hydrogen-bond donors (Lipinski definition) is 0. The molecule has 0 spiro atoms. The van der Waals surface area contributed by atoms with Crippen LogP contribution in [0, 0.1) is 0 Å². The smallest absolute Gasteiger partial charge is 0.277 e. The van der Waals surface area contributed by atoms with Crippen LogP contribution in [0.2, 0.25) is 5.02 Å². The predicted octanol–water partition coefficient (Wildman–Crippen LogP) is 4.19. The van der Waals surface area contributed by atoms with Gasteiger partial charge in [0, 0.05) is 18.1 Å². The standard InChI is InChI=1S/C18H22ClN3O3S/c1-22(14-5-3-2-4-6-14)17(23)12-26-18-21-20-16(25-18)11-24-15-9-7-13(19)8-10-15/h7-10,14H,2-6,11-12H2,1H3. The molecule has 1 aromatic heterocycles. The van der Waals surface area contributed by atoms with Crippen LogP contribution in [0.4, 0.5) is 0 Å². The second kappa shape index (κ2) is 9.28. The van der Waals surface area contributed by atoms with Crippen LogP contribution in [-0.4, -0.2) is 39.8 Å². The van der Waals surface area contributed by atoms with Crippen molar-refractivity contribution >= 4 is 29.3 Å². The molecular weight excluding hydrogens is 374 g/mol. The van der Waals surface area contributed by atoms with Crippen LogP contribution in [0.15, 0.2) is 33.9 Å². The average Bonchev–Trinajstić information content (AvgIpc) is 3.13. The summed E-state index contributed by atoms with van der Waals surface area (Å²) in [4.78, 5) is 14.2. The number of halogens is 1. The minimum Gasteiger partial charge on any atom is -0.484 e. The van der Waals surface area contributed by atoms with E-state index in [1.165, 1.54) is 31.0 Å². The number of thioether (sulfide) groups is 1. The third-order valence-electron chi connectivity index (χ3n) is 4.46. The second-order valence-electron chi connectivity index (χ2n) is 6.29. The van der Waals surface area contributed by atoms with E-state index in [4.69, 9.17) is 20.8 Å². The van der Waals surface area contributed by atoms with E-state index in [0.29, 0.717) is 33.7 Å². The van der Waals surface area contributed by atoms with Crippen molar-refractivity contribution in [3.05, 3.63) is 35.2 Å². The first kappa shape index (κ1) is 19.0. The van der Waals surface area contributed by atoms with Gasteiger partial charge >= 0.3 is 0 Å².